The number of carbonyl (C=O) groups is 2. The zero-order valence-electron chi connectivity index (χ0n) is 16.5. The maximum atomic E-state index is 12.8. The van der Waals surface area contributed by atoms with E-state index in [2.05, 4.69) is 10.6 Å². The van der Waals surface area contributed by atoms with Gasteiger partial charge in [-0.3, -0.25) is 9.59 Å². The zero-order valence-corrected chi connectivity index (χ0v) is 16.5. The Morgan fingerprint density at radius 1 is 1.18 bits per heavy atom. The third kappa shape index (κ3) is 4.71. The molecule has 1 fully saturated rings. The van der Waals surface area contributed by atoms with E-state index in [1.807, 2.05) is 0 Å². The summed E-state index contributed by atoms with van der Waals surface area (Å²) in [4.78, 5) is 37.0. The number of hydrogen-bond acceptors (Lipinski definition) is 5. The van der Waals surface area contributed by atoms with Crippen LogP contribution in [-0.2, 0) is 4.74 Å². The number of benzene rings is 1. The van der Waals surface area contributed by atoms with Crippen LogP contribution in [0.4, 0.5) is 4.79 Å². The molecule has 7 nitrogen and oxygen atoms in total. The van der Waals surface area contributed by atoms with Crippen LogP contribution in [0.25, 0.3) is 11.0 Å². The van der Waals surface area contributed by atoms with Crippen molar-refractivity contribution in [3.8, 4) is 0 Å². The molecule has 1 saturated carbocycles. The summed E-state index contributed by atoms with van der Waals surface area (Å²) in [5.41, 5.74) is -1.07. The summed E-state index contributed by atoms with van der Waals surface area (Å²) in [7, 11) is 0. The van der Waals surface area contributed by atoms with Crippen LogP contribution in [0.3, 0.4) is 0 Å². The maximum Gasteiger partial charge on any atom is 0.407 e. The second-order valence-electron chi connectivity index (χ2n) is 8.27. The molecule has 1 aliphatic rings. The number of rotatable bonds is 4. The highest BCUT2D eigenvalue weighted by Gasteiger charge is 2.37. The van der Waals surface area contributed by atoms with Gasteiger partial charge in [-0.15, -0.1) is 0 Å². The van der Waals surface area contributed by atoms with Crippen LogP contribution in [0.2, 0.25) is 0 Å². The molecule has 150 valence electrons. The Bertz CT molecular complexity index is 936. The quantitative estimate of drug-likeness (QED) is 0.840. The molecular formula is C21H26N2O5. The first-order valence-electron chi connectivity index (χ1n) is 9.50. The monoisotopic (exact) mass is 386 g/mol. The summed E-state index contributed by atoms with van der Waals surface area (Å²) in [6.07, 6.45) is 2.82. The molecule has 1 aliphatic carbocycles. The summed E-state index contributed by atoms with van der Waals surface area (Å²) >= 11 is 0. The molecule has 0 saturated heterocycles. The number of hydrogen-bond donors (Lipinski definition) is 2. The van der Waals surface area contributed by atoms with Crippen molar-refractivity contribution in [1.29, 1.82) is 0 Å². The molecule has 2 amide bonds. The fraction of sp³-hybridized carbons (Fsp3) is 0.476. The van der Waals surface area contributed by atoms with E-state index in [0.29, 0.717) is 11.0 Å². The second-order valence-corrected chi connectivity index (χ2v) is 8.27. The third-order valence-electron chi connectivity index (χ3n) is 4.77. The van der Waals surface area contributed by atoms with E-state index in [4.69, 9.17) is 9.15 Å². The molecule has 7 heteroatoms. The van der Waals surface area contributed by atoms with Gasteiger partial charge in [0.2, 0.25) is 0 Å². The Hall–Kier alpha value is -2.83. The summed E-state index contributed by atoms with van der Waals surface area (Å²) in [5, 5.41) is 6.16. The first-order valence-corrected chi connectivity index (χ1v) is 9.50. The maximum absolute atomic E-state index is 12.8. The summed E-state index contributed by atoms with van der Waals surface area (Å²) in [6.45, 7) is 5.63. The Labute approximate surface area is 163 Å². The van der Waals surface area contributed by atoms with E-state index in [-0.39, 0.29) is 17.7 Å². The van der Waals surface area contributed by atoms with Crippen molar-refractivity contribution in [2.24, 2.45) is 0 Å². The van der Waals surface area contributed by atoms with Gasteiger partial charge in [-0.2, -0.15) is 0 Å². The predicted molar refractivity (Wildman–Crippen MR) is 105 cm³/mol. The number of fused-ring (bicyclic) bond motifs is 1. The fourth-order valence-corrected chi connectivity index (χ4v) is 3.47. The Morgan fingerprint density at radius 3 is 2.54 bits per heavy atom. The molecule has 0 bridgehead atoms. The van der Waals surface area contributed by atoms with Gasteiger partial charge in [0, 0.05) is 12.6 Å². The lowest BCUT2D eigenvalue weighted by atomic mass is 9.97. The van der Waals surface area contributed by atoms with Gasteiger partial charge in [-0.1, -0.05) is 25.0 Å². The lowest BCUT2D eigenvalue weighted by molar-refractivity contribution is 0.0504. The van der Waals surface area contributed by atoms with Gasteiger partial charge < -0.3 is 19.8 Å². The highest BCUT2D eigenvalue weighted by atomic mass is 16.6. The van der Waals surface area contributed by atoms with Crippen LogP contribution in [-0.4, -0.2) is 29.7 Å². The Balaban J connectivity index is 1.74. The minimum atomic E-state index is -0.593. The molecule has 2 N–H and O–H groups in total. The third-order valence-corrected chi connectivity index (χ3v) is 4.77. The molecule has 1 aromatic carbocycles. The van der Waals surface area contributed by atoms with Crippen molar-refractivity contribution in [2.75, 3.05) is 6.54 Å². The lowest BCUT2D eigenvalue weighted by Crippen LogP contribution is -2.54. The van der Waals surface area contributed by atoms with E-state index in [1.54, 1.807) is 45.0 Å². The molecule has 0 radical (unpaired) electrons. The van der Waals surface area contributed by atoms with Crippen LogP contribution in [0, 0.1) is 0 Å². The normalized spacial score (nSPS) is 16.0. The van der Waals surface area contributed by atoms with E-state index >= 15 is 0 Å². The van der Waals surface area contributed by atoms with Crippen LogP contribution in [0.5, 0.6) is 0 Å². The van der Waals surface area contributed by atoms with E-state index in [0.717, 1.165) is 25.7 Å². The van der Waals surface area contributed by atoms with Gasteiger partial charge in [0.1, 0.15) is 11.2 Å². The molecular weight excluding hydrogens is 360 g/mol. The Morgan fingerprint density at radius 2 is 1.86 bits per heavy atom. The fourth-order valence-electron chi connectivity index (χ4n) is 3.47. The Kier molecular flexibility index (Phi) is 5.45. The molecule has 2 aromatic rings. The minimum Gasteiger partial charge on any atom is -0.451 e. The van der Waals surface area contributed by atoms with E-state index < -0.39 is 23.1 Å². The number of carbonyl (C=O) groups excluding carboxylic acids is 2. The van der Waals surface area contributed by atoms with Crippen molar-refractivity contribution in [3.63, 3.8) is 0 Å². The van der Waals surface area contributed by atoms with Crippen LogP contribution < -0.4 is 16.1 Å². The number of amides is 2. The predicted octanol–water partition coefficient (Wildman–Crippen LogP) is 3.36. The number of nitrogens with one attached hydrogen (secondary N) is 2. The first kappa shape index (κ1) is 19.9. The first-order chi connectivity index (χ1) is 13.2. The highest BCUT2D eigenvalue weighted by molar-refractivity contribution is 5.93. The standard InChI is InChI=1S/C21H26N2O5/c1-20(2,3)28-19(26)22-13-21(10-6-7-11-21)23-18(25)17-12-15(24)14-8-4-5-9-16(14)27-17/h4-5,8-9,12H,6-7,10-11,13H2,1-3H3,(H,22,26)(H,23,25). The van der Waals surface area contributed by atoms with Crippen molar-refractivity contribution < 1.29 is 18.7 Å². The van der Waals surface area contributed by atoms with Gasteiger partial charge in [0.05, 0.1) is 10.9 Å². The smallest absolute Gasteiger partial charge is 0.407 e. The summed E-state index contributed by atoms with van der Waals surface area (Å²) in [6, 6.07) is 8.02. The number of para-hydroxylation sites is 1. The van der Waals surface area contributed by atoms with Gasteiger partial charge in [0.25, 0.3) is 5.91 Å². The van der Waals surface area contributed by atoms with Gasteiger partial charge in [-0.05, 0) is 45.7 Å². The molecule has 1 aromatic heterocycles. The summed E-state index contributed by atoms with van der Waals surface area (Å²) < 4.78 is 10.9. The average molecular weight is 386 g/mol. The van der Waals surface area contributed by atoms with Crippen molar-refractivity contribution in [2.45, 2.75) is 57.6 Å². The van der Waals surface area contributed by atoms with Gasteiger partial charge in [-0.25, -0.2) is 4.79 Å². The molecule has 28 heavy (non-hydrogen) atoms. The van der Waals surface area contributed by atoms with Crippen molar-refractivity contribution >= 4 is 23.0 Å². The molecule has 3 rings (SSSR count). The molecule has 0 spiro atoms. The molecule has 1 heterocycles. The number of ether oxygens (including phenoxy) is 1. The van der Waals surface area contributed by atoms with Gasteiger partial charge in [0.15, 0.2) is 11.2 Å². The van der Waals surface area contributed by atoms with Crippen LogP contribution >= 0.6 is 0 Å². The zero-order chi connectivity index (χ0) is 20.4. The minimum absolute atomic E-state index is 0.0350. The topological polar surface area (TPSA) is 97.6 Å². The van der Waals surface area contributed by atoms with E-state index in [9.17, 15) is 14.4 Å². The highest BCUT2D eigenvalue weighted by Crippen LogP contribution is 2.29. The molecule has 0 atom stereocenters. The molecule has 0 aliphatic heterocycles. The van der Waals surface area contributed by atoms with E-state index in [1.165, 1.54) is 6.07 Å². The van der Waals surface area contributed by atoms with Crippen LogP contribution in [0.15, 0.2) is 39.5 Å². The van der Waals surface area contributed by atoms with Gasteiger partial charge >= 0.3 is 6.09 Å². The van der Waals surface area contributed by atoms with Crippen molar-refractivity contribution in [3.05, 3.63) is 46.3 Å². The molecule has 0 unspecified atom stereocenters. The average Bonchev–Trinajstić information content (AvgIpc) is 3.07. The second kappa shape index (κ2) is 7.66. The number of alkyl carbamates (subject to hydrolysis) is 1. The van der Waals surface area contributed by atoms with Crippen LogP contribution in [0.1, 0.15) is 57.0 Å². The lowest BCUT2D eigenvalue weighted by Gasteiger charge is -2.31. The largest absolute Gasteiger partial charge is 0.451 e. The van der Waals surface area contributed by atoms with Crippen molar-refractivity contribution in [1.82, 2.24) is 10.6 Å². The summed E-state index contributed by atoms with van der Waals surface area (Å²) in [5.74, 6) is -0.497. The SMILES string of the molecule is CC(C)(C)OC(=O)NCC1(NC(=O)c2cc(=O)c3ccccc3o2)CCCC1.